The highest BCUT2D eigenvalue weighted by molar-refractivity contribution is 6.10. The number of nitrogens with two attached hydrogens (primary N) is 1. The monoisotopic (exact) mass is 201 g/mol. The zero-order valence-corrected chi connectivity index (χ0v) is 7.87. The zero-order chi connectivity index (χ0) is 10.8. The number of halogens is 1. The molecule has 4 heteroatoms. The predicted octanol–water partition coefficient (Wildman–Crippen LogP) is 1.47. The maximum Gasteiger partial charge on any atom is 0.137 e. The summed E-state index contributed by atoms with van der Waals surface area (Å²) in [7, 11) is 0. The number of rotatable bonds is 1. The van der Waals surface area contributed by atoms with Crippen LogP contribution in [-0.2, 0) is 0 Å². The third kappa shape index (κ3) is 1.59. The van der Waals surface area contributed by atoms with Crippen LogP contribution in [0.15, 0.2) is 34.8 Å². The molecule has 1 aliphatic heterocycles. The molecule has 0 saturated heterocycles. The van der Waals surface area contributed by atoms with Crippen molar-refractivity contribution < 1.29 is 4.39 Å². The molecule has 0 unspecified atom stereocenters. The molecule has 1 aromatic carbocycles. The molecule has 0 saturated carbocycles. The van der Waals surface area contributed by atoms with E-state index in [1.807, 2.05) is 6.07 Å². The largest absolute Gasteiger partial charge is 0.383 e. The van der Waals surface area contributed by atoms with Gasteiger partial charge in [0, 0.05) is 5.57 Å². The lowest BCUT2D eigenvalue weighted by atomic mass is 10.0. The summed E-state index contributed by atoms with van der Waals surface area (Å²) in [6.07, 6.45) is 0. The highest BCUT2D eigenvalue weighted by Crippen LogP contribution is 2.23. The van der Waals surface area contributed by atoms with Gasteiger partial charge in [0.05, 0.1) is 12.1 Å². The van der Waals surface area contributed by atoms with Gasteiger partial charge in [-0.1, -0.05) is 12.1 Å². The lowest BCUT2D eigenvalue weighted by Crippen LogP contribution is -2.10. The second kappa shape index (κ2) is 3.54. The normalized spacial score (nSPS) is 15.1. The first kappa shape index (κ1) is 9.41. The van der Waals surface area contributed by atoms with Crippen LogP contribution in [0.3, 0.4) is 0 Å². The molecule has 0 atom stereocenters. The van der Waals surface area contributed by atoms with Gasteiger partial charge in [0.2, 0.25) is 0 Å². The summed E-state index contributed by atoms with van der Waals surface area (Å²) >= 11 is 0. The number of amidine groups is 1. The van der Waals surface area contributed by atoms with E-state index in [1.165, 1.54) is 12.1 Å². The van der Waals surface area contributed by atoms with E-state index in [-0.39, 0.29) is 11.7 Å². The number of nitriles is 1. The molecule has 0 aliphatic carbocycles. The third-order valence-electron chi connectivity index (χ3n) is 2.27. The Bertz CT molecular complexity index is 492. The first-order chi connectivity index (χ1) is 7.22. The Hall–Kier alpha value is -2.15. The Morgan fingerprint density at radius 2 is 2.00 bits per heavy atom. The lowest BCUT2D eigenvalue weighted by molar-refractivity contribution is 0.627. The molecule has 74 valence electrons. The number of nitrogens with zero attached hydrogens (tertiary/aromatic N) is 2. The van der Waals surface area contributed by atoms with Crippen LogP contribution in [0.1, 0.15) is 5.56 Å². The molecule has 0 fully saturated rings. The summed E-state index contributed by atoms with van der Waals surface area (Å²) in [6.45, 7) is 0.389. The van der Waals surface area contributed by atoms with Crippen LogP contribution < -0.4 is 5.73 Å². The molecule has 0 spiro atoms. The van der Waals surface area contributed by atoms with Crippen molar-refractivity contribution in [3.8, 4) is 6.07 Å². The predicted molar refractivity (Wildman–Crippen MR) is 55.4 cm³/mol. The van der Waals surface area contributed by atoms with E-state index in [9.17, 15) is 4.39 Å². The van der Waals surface area contributed by atoms with Gasteiger partial charge in [0.15, 0.2) is 0 Å². The highest BCUT2D eigenvalue weighted by Gasteiger charge is 2.17. The van der Waals surface area contributed by atoms with Crippen molar-refractivity contribution in [3.05, 3.63) is 41.2 Å². The number of aliphatic imine (C=N–C) groups is 1. The Morgan fingerprint density at radius 1 is 1.33 bits per heavy atom. The summed E-state index contributed by atoms with van der Waals surface area (Å²) < 4.78 is 12.7. The first-order valence-corrected chi connectivity index (χ1v) is 4.42. The Morgan fingerprint density at radius 3 is 2.60 bits per heavy atom. The van der Waals surface area contributed by atoms with Crippen LogP contribution in [0.5, 0.6) is 0 Å². The third-order valence-corrected chi connectivity index (χ3v) is 2.27. The van der Waals surface area contributed by atoms with Gasteiger partial charge < -0.3 is 5.73 Å². The minimum Gasteiger partial charge on any atom is -0.383 e. The van der Waals surface area contributed by atoms with Crippen LogP contribution in [0, 0.1) is 17.1 Å². The van der Waals surface area contributed by atoms with Crippen molar-refractivity contribution in [2.24, 2.45) is 10.7 Å². The molecule has 1 aliphatic rings. The Balaban J connectivity index is 2.46. The van der Waals surface area contributed by atoms with Crippen LogP contribution >= 0.6 is 0 Å². The molecule has 0 aromatic heterocycles. The topological polar surface area (TPSA) is 62.2 Å². The van der Waals surface area contributed by atoms with E-state index in [0.29, 0.717) is 12.1 Å². The highest BCUT2D eigenvalue weighted by atomic mass is 19.1. The fourth-order valence-electron chi connectivity index (χ4n) is 1.49. The Labute approximate surface area is 86.4 Å². The molecule has 0 bridgehead atoms. The van der Waals surface area contributed by atoms with Gasteiger partial charge in [-0.15, -0.1) is 0 Å². The first-order valence-electron chi connectivity index (χ1n) is 4.42. The average molecular weight is 201 g/mol. The van der Waals surface area contributed by atoms with Gasteiger partial charge in [0.25, 0.3) is 0 Å². The number of hydrogen-bond acceptors (Lipinski definition) is 3. The smallest absolute Gasteiger partial charge is 0.137 e. The molecular formula is C11H8FN3. The minimum absolute atomic E-state index is 0.261. The van der Waals surface area contributed by atoms with Crippen molar-refractivity contribution in [1.29, 1.82) is 5.26 Å². The van der Waals surface area contributed by atoms with Crippen molar-refractivity contribution in [1.82, 2.24) is 0 Å². The molecule has 0 amide bonds. The molecule has 1 aromatic rings. The SMILES string of the molecule is N#CC1=C(c2ccc(F)cc2)CN=C1N. The lowest BCUT2D eigenvalue weighted by Gasteiger charge is -2.01. The quantitative estimate of drug-likeness (QED) is 0.747. The minimum atomic E-state index is -0.301. The maximum atomic E-state index is 12.7. The van der Waals surface area contributed by atoms with Gasteiger partial charge >= 0.3 is 0 Å². The van der Waals surface area contributed by atoms with Crippen LogP contribution in [-0.4, -0.2) is 12.4 Å². The molecular weight excluding hydrogens is 193 g/mol. The van der Waals surface area contributed by atoms with E-state index in [1.54, 1.807) is 12.1 Å². The van der Waals surface area contributed by atoms with E-state index < -0.39 is 0 Å². The number of hydrogen-bond donors (Lipinski definition) is 1. The number of benzene rings is 1. The summed E-state index contributed by atoms with van der Waals surface area (Å²) in [6, 6.07) is 7.96. The van der Waals surface area contributed by atoms with Crippen LogP contribution in [0.25, 0.3) is 5.57 Å². The Kier molecular flexibility index (Phi) is 2.22. The summed E-state index contributed by atoms with van der Waals surface area (Å²) in [5.41, 5.74) is 7.48. The standard InChI is InChI=1S/C11H8FN3/c12-8-3-1-7(2-4-8)10-6-15-11(14)9(10)5-13/h1-4H,6H2,(H2,14,15). The summed E-state index contributed by atoms with van der Waals surface area (Å²) in [4.78, 5) is 3.97. The van der Waals surface area contributed by atoms with Gasteiger partial charge in [-0.05, 0) is 17.7 Å². The van der Waals surface area contributed by atoms with Gasteiger partial charge in [-0.2, -0.15) is 5.26 Å². The molecule has 2 rings (SSSR count). The van der Waals surface area contributed by atoms with E-state index >= 15 is 0 Å². The maximum absolute atomic E-state index is 12.7. The van der Waals surface area contributed by atoms with Gasteiger partial charge in [-0.3, -0.25) is 4.99 Å². The molecule has 1 heterocycles. The second-order valence-electron chi connectivity index (χ2n) is 3.17. The molecule has 2 N–H and O–H groups in total. The van der Waals surface area contributed by atoms with Crippen LogP contribution in [0.4, 0.5) is 4.39 Å². The molecule has 0 radical (unpaired) electrons. The molecule has 3 nitrogen and oxygen atoms in total. The van der Waals surface area contributed by atoms with Gasteiger partial charge in [-0.25, -0.2) is 4.39 Å². The van der Waals surface area contributed by atoms with Crippen molar-refractivity contribution >= 4 is 11.4 Å². The van der Waals surface area contributed by atoms with E-state index in [2.05, 4.69) is 4.99 Å². The summed E-state index contributed by atoms with van der Waals surface area (Å²) in [5, 5.41) is 8.88. The molecule has 15 heavy (non-hydrogen) atoms. The van der Waals surface area contributed by atoms with Crippen molar-refractivity contribution in [2.45, 2.75) is 0 Å². The van der Waals surface area contributed by atoms with Crippen molar-refractivity contribution in [3.63, 3.8) is 0 Å². The second-order valence-corrected chi connectivity index (χ2v) is 3.17. The van der Waals surface area contributed by atoms with Gasteiger partial charge in [0.1, 0.15) is 17.7 Å². The fourth-order valence-corrected chi connectivity index (χ4v) is 1.49. The van der Waals surface area contributed by atoms with E-state index in [4.69, 9.17) is 11.0 Å². The average Bonchev–Trinajstić information content (AvgIpc) is 2.61. The zero-order valence-electron chi connectivity index (χ0n) is 7.87. The summed E-state index contributed by atoms with van der Waals surface area (Å²) in [5.74, 6) is -0.0402. The van der Waals surface area contributed by atoms with Crippen LogP contribution in [0.2, 0.25) is 0 Å². The van der Waals surface area contributed by atoms with Crippen molar-refractivity contribution in [2.75, 3.05) is 6.54 Å². The fraction of sp³-hybridized carbons (Fsp3) is 0.0909. The van der Waals surface area contributed by atoms with E-state index in [0.717, 1.165) is 11.1 Å².